The number of hydrogen-bond donors (Lipinski definition) is 1. The zero-order chi connectivity index (χ0) is 10.7. The van der Waals surface area contributed by atoms with Gasteiger partial charge in [-0.2, -0.15) is 0 Å². The Bertz CT molecular complexity index is 334. The third kappa shape index (κ3) is 2.12. The Morgan fingerprint density at radius 2 is 2.27 bits per heavy atom. The van der Waals surface area contributed by atoms with Crippen molar-refractivity contribution in [2.45, 2.75) is 25.3 Å². The topological polar surface area (TPSA) is 21.3 Å². The van der Waals surface area contributed by atoms with Crippen molar-refractivity contribution in [1.29, 1.82) is 0 Å². The van der Waals surface area contributed by atoms with Gasteiger partial charge in [-0.1, -0.05) is 18.6 Å². The molecule has 15 heavy (non-hydrogen) atoms. The Morgan fingerprint density at radius 3 is 2.93 bits per heavy atom. The summed E-state index contributed by atoms with van der Waals surface area (Å²) in [5.41, 5.74) is 0.942. The second-order valence-corrected chi connectivity index (χ2v) is 3.86. The molecule has 1 heterocycles. The molecule has 1 aromatic rings. The number of hydrogen-bond acceptors (Lipinski definition) is 2. The van der Waals surface area contributed by atoms with Crippen molar-refractivity contribution < 1.29 is 9.13 Å². The minimum Gasteiger partial charge on any atom is -0.493 e. The molecule has 0 radical (unpaired) electrons. The third-order valence-electron chi connectivity index (χ3n) is 2.89. The maximum absolute atomic E-state index is 13.5. The molecular formula is C12H16FNO. The fraction of sp³-hybridized carbons (Fsp3) is 0.500. The Morgan fingerprint density at radius 1 is 1.40 bits per heavy atom. The van der Waals surface area contributed by atoms with Crippen LogP contribution in [0.15, 0.2) is 18.2 Å². The fourth-order valence-electron chi connectivity index (χ4n) is 2.13. The summed E-state index contributed by atoms with van der Waals surface area (Å²) in [6, 6.07) is 5.35. The lowest BCUT2D eigenvalue weighted by Gasteiger charge is -2.25. The predicted octanol–water partition coefficient (Wildman–Crippen LogP) is 2.65. The van der Waals surface area contributed by atoms with Crippen LogP contribution in [0.2, 0.25) is 0 Å². The van der Waals surface area contributed by atoms with Crippen molar-refractivity contribution in [2.75, 3.05) is 13.7 Å². The van der Waals surface area contributed by atoms with Crippen LogP contribution < -0.4 is 10.1 Å². The van der Waals surface area contributed by atoms with Crippen LogP contribution in [0.5, 0.6) is 5.75 Å². The predicted molar refractivity (Wildman–Crippen MR) is 57.5 cm³/mol. The highest BCUT2D eigenvalue weighted by atomic mass is 19.1. The summed E-state index contributed by atoms with van der Waals surface area (Å²) < 4.78 is 18.6. The molecule has 1 aliphatic heterocycles. The van der Waals surface area contributed by atoms with E-state index in [9.17, 15) is 4.39 Å². The monoisotopic (exact) mass is 209 g/mol. The molecule has 0 spiro atoms. The van der Waals surface area contributed by atoms with Crippen LogP contribution in [0.25, 0.3) is 0 Å². The minimum absolute atomic E-state index is 0.240. The molecule has 1 aliphatic rings. The van der Waals surface area contributed by atoms with Gasteiger partial charge in [0.05, 0.1) is 7.11 Å². The van der Waals surface area contributed by atoms with Crippen LogP contribution in [-0.4, -0.2) is 13.7 Å². The Labute approximate surface area is 89.4 Å². The van der Waals surface area contributed by atoms with Crippen LogP contribution in [-0.2, 0) is 0 Å². The van der Waals surface area contributed by atoms with E-state index in [0.29, 0.717) is 5.75 Å². The van der Waals surface area contributed by atoms with E-state index >= 15 is 0 Å². The summed E-state index contributed by atoms with van der Waals surface area (Å²) in [5.74, 6) is 0.110. The number of nitrogens with one attached hydrogen (secondary N) is 1. The molecule has 1 N–H and O–H groups in total. The van der Waals surface area contributed by atoms with Crippen LogP contribution in [0, 0.1) is 5.82 Å². The highest BCUT2D eigenvalue weighted by Gasteiger charge is 2.20. The van der Waals surface area contributed by atoms with E-state index in [1.807, 2.05) is 6.07 Å². The number of halogens is 1. The summed E-state index contributed by atoms with van der Waals surface area (Å²) >= 11 is 0. The van der Waals surface area contributed by atoms with Crippen molar-refractivity contribution in [2.24, 2.45) is 0 Å². The van der Waals surface area contributed by atoms with Crippen LogP contribution >= 0.6 is 0 Å². The van der Waals surface area contributed by atoms with Gasteiger partial charge in [0.15, 0.2) is 11.6 Å². The first-order valence-corrected chi connectivity index (χ1v) is 5.38. The minimum atomic E-state index is -0.276. The lowest BCUT2D eigenvalue weighted by atomic mass is 9.96. The molecule has 1 aromatic carbocycles. The molecule has 82 valence electrons. The Balaban J connectivity index is 2.29. The molecule has 0 bridgehead atoms. The standard InChI is InChI=1S/C12H16FNO/c1-15-12-9(5-4-6-10(12)13)11-7-2-3-8-14-11/h4-6,11,14H,2-3,7-8H2,1H3/t11-/m0/s1. The van der Waals surface area contributed by atoms with Crippen LogP contribution in [0.1, 0.15) is 30.9 Å². The summed E-state index contributed by atoms with van der Waals surface area (Å²) in [7, 11) is 1.52. The first-order chi connectivity index (χ1) is 7.33. The molecule has 2 rings (SSSR count). The van der Waals surface area contributed by atoms with Crippen molar-refractivity contribution in [3.63, 3.8) is 0 Å². The van der Waals surface area contributed by atoms with E-state index in [4.69, 9.17) is 4.74 Å². The zero-order valence-electron chi connectivity index (χ0n) is 8.92. The van der Waals surface area contributed by atoms with Gasteiger partial charge >= 0.3 is 0 Å². The normalized spacial score (nSPS) is 21.3. The third-order valence-corrected chi connectivity index (χ3v) is 2.89. The molecule has 0 unspecified atom stereocenters. The van der Waals surface area contributed by atoms with Crippen molar-refractivity contribution in [3.05, 3.63) is 29.6 Å². The number of rotatable bonds is 2. The average molecular weight is 209 g/mol. The van der Waals surface area contributed by atoms with Crippen molar-refractivity contribution in [3.8, 4) is 5.75 Å². The second kappa shape index (κ2) is 4.62. The maximum Gasteiger partial charge on any atom is 0.165 e. The number of benzene rings is 1. The number of methoxy groups -OCH3 is 1. The first kappa shape index (κ1) is 10.4. The van der Waals surface area contributed by atoms with Gasteiger partial charge in [-0.15, -0.1) is 0 Å². The molecule has 2 nitrogen and oxygen atoms in total. The van der Waals surface area contributed by atoms with Crippen molar-refractivity contribution in [1.82, 2.24) is 5.32 Å². The summed E-state index contributed by atoms with van der Waals surface area (Å²) in [5, 5.41) is 3.39. The summed E-state index contributed by atoms with van der Waals surface area (Å²) in [6.07, 6.45) is 3.45. The maximum atomic E-state index is 13.5. The first-order valence-electron chi connectivity index (χ1n) is 5.38. The molecule has 0 saturated carbocycles. The fourth-order valence-corrected chi connectivity index (χ4v) is 2.13. The molecule has 1 saturated heterocycles. The SMILES string of the molecule is COc1c(F)cccc1[C@@H]1CCCCN1. The van der Waals surface area contributed by atoms with E-state index in [2.05, 4.69) is 5.32 Å². The quantitative estimate of drug-likeness (QED) is 0.808. The molecule has 1 atom stereocenters. The summed E-state index contributed by atoms with van der Waals surface area (Å²) in [6.45, 7) is 1.00. The number of ether oxygens (including phenoxy) is 1. The second-order valence-electron chi connectivity index (χ2n) is 3.86. The average Bonchev–Trinajstić information content (AvgIpc) is 2.30. The van der Waals surface area contributed by atoms with Crippen molar-refractivity contribution >= 4 is 0 Å². The van der Waals surface area contributed by atoms with Crippen LogP contribution in [0.4, 0.5) is 4.39 Å². The lowest BCUT2D eigenvalue weighted by molar-refractivity contribution is 0.356. The molecular weight excluding hydrogens is 193 g/mol. The van der Waals surface area contributed by atoms with Gasteiger partial charge in [0.1, 0.15) is 0 Å². The van der Waals surface area contributed by atoms with E-state index in [-0.39, 0.29) is 11.9 Å². The van der Waals surface area contributed by atoms with Gasteiger partial charge in [0.2, 0.25) is 0 Å². The Hall–Kier alpha value is -1.09. The largest absolute Gasteiger partial charge is 0.493 e. The van der Waals surface area contributed by atoms with E-state index in [1.165, 1.54) is 26.0 Å². The van der Waals surface area contributed by atoms with Gasteiger partial charge < -0.3 is 10.1 Å². The van der Waals surface area contributed by atoms with E-state index in [0.717, 1.165) is 18.5 Å². The van der Waals surface area contributed by atoms with Gasteiger partial charge in [-0.05, 0) is 25.5 Å². The molecule has 1 fully saturated rings. The zero-order valence-corrected chi connectivity index (χ0v) is 8.92. The summed E-state index contributed by atoms with van der Waals surface area (Å²) in [4.78, 5) is 0. The van der Waals surface area contributed by atoms with Crippen LogP contribution in [0.3, 0.4) is 0 Å². The van der Waals surface area contributed by atoms with Gasteiger partial charge in [0.25, 0.3) is 0 Å². The molecule has 0 amide bonds. The highest BCUT2D eigenvalue weighted by Crippen LogP contribution is 2.32. The van der Waals surface area contributed by atoms with Gasteiger partial charge in [-0.25, -0.2) is 4.39 Å². The smallest absolute Gasteiger partial charge is 0.165 e. The van der Waals surface area contributed by atoms with Gasteiger partial charge in [0, 0.05) is 11.6 Å². The molecule has 0 aliphatic carbocycles. The highest BCUT2D eigenvalue weighted by molar-refractivity contribution is 5.37. The Kier molecular flexibility index (Phi) is 3.21. The number of para-hydroxylation sites is 1. The van der Waals surface area contributed by atoms with E-state index < -0.39 is 0 Å². The van der Waals surface area contributed by atoms with E-state index in [1.54, 1.807) is 6.07 Å². The van der Waals surface area contributed by atoms with Gasteiger partial charge in [-0.3, -0.25) is 0 Å². The lowest BCUT2D eigenvalue weighted by Crippen LogP contribution is -2.27. The number of piperidine rings is 1. The molecule has 0 aromatic heterocycles. The molecule has 3 heteroatoms.